The molecule has 0 spiro atoms. The predicted octanol–water partition coefficient (Wildman–Crippen LogP) is 3.18. The van der Waals surface area contributed by atoms with E-state index >= 15 is 0 Å². The lowest BCUT2D eigenvalue weighted by atomic mass is 10.0. The van der Waals surface area contributed by atoms with Crippen LogP contribution in [-0.4, -0.2) is 16.2 Å². The first kappa shape index (κ1) is 12.7. The molecule has 0 radical (unpaired) electrons. The standard InChI is InChI=1S/C15H14N4S/c1-20-13-5-3-2-4-10(13)9-6-7-11-12(8-9)18-15(17)19-14(11)16/h2-8H,1H3,(H4,16,17,18,19). The van der Waals surface area contributed by atoms with Crippen molar-refractivity contribution in [3.05, 3.63) is 42.5 Å². The first-order valence-corrected chi connectivity index (χ1v) is 7.37. The third kappa shape index (κ3) is 2.16. The summed E-state index contributed by atoms with van der Waals surface area (Å²) in [5, 5.41) is 0.824. The molecule has 4 nitrogen and oxygen atoms in total. The second-order valence-corrected chi connectivity index (χ2v) is 5.25. The van der Waals surface area contributed by atoms with Crippen molar-refractivity contribution in [1.29, 1.82) is 0 Å². The van der Waals surface area contributed by atoms with Crippen molar-refractivity contribution in [3.8, 4) is 11.1 Å². The number of aromatic nitrogens is 2. The van der Waals surface area contributed by atoms with Crippen molar-refractivity contribution in [3.63, 3.8) is 0 Å². The largest absolute Gasteiger partial charge is 0.383 e. The number of thioether (sulfide) groups is 1. The van der Waals surface area contributed by atoms with Crippen LogP contribution < -0.4 is 11.5 Å². The van der Waals surface area contributed by atoms with E-state index in [4.69, 9.17) is 11.5 Å². The fraction of sp³-hybridized carbons (Fsp3) is 0.0667. The number of nitrogen functional groups attached to an aromatic ring is 2. The summed E-state index contributed by atoms with van der Waals surface area (Å²) in [6.07, 6.45) is 2.07. The van der Waals surface area contributed by atoms with Crippen LogP contribution in [0.3, 0.4) is 0 Å². The zero-order chi connectivity index (χ0) is 14.1. The third-order valence-corrected chi connectivity index (χ3v) is 3.96. The summed E-state index contributed by atoms with van der Waals surface area (Å²) in [6.45, 7) is 0. The van der Waals surface area contributed by atoms with Crippen LogP contribution in [-0.2, 0) is 0 Å². The average molecular weight is 282 g/mol. The predicted molar refractivity (Wildman–Crippen MR) is 85.6 cm³/mol. The van der Waals surface area contributed by atoms with Gasteiger partial charge < -0.3 is 11.5 Å². The maximum Gasteiger partial charge on any atom is 0.222 e. The monoisotopic (exact) mass is 282 g/mol. The molecule has 0 aliphatic carbocycles. The first-order chi connectivity index (χ1) is 9.69. The lowest BCUT2D eigenvalue weighted by molar-refractivity contribution is 1.24. The zero-order valence-corrected chi connectivity index (χ0v) is 11.8. The van der Waals surface area contributed by atoms with Crippen molar-refractivity contribution in [1.82, 2.24) is 9.97 Å². The van der Waals surface area contributed by atoms with Gasteiger partial charge in [0.2, 0.25) is 5.95 Å². The molecule has 0 atom stereocenters. The van der Waals surface area contributed by atoms with E-state index in [0.29, 0.717) is 5.82 Å². The van der Waals surface area contributed by atoms with E-state index < -0.39 is 0 Å². The fourth-order valence-electron chi connectivity index (χ4n) is 2.22. The van der Waals surface area contributed by atoms with Gasteiger partial charge in [0.05, 0.1) is 5.52 Å². The van der Waals surface area contributed by atoms with Gasteiger partial charge in [0.25, 0.3) is 0 Å². The highest BCUT2D eigenvalue weighted by atomic mass is 32.2. The van der Waals surface area contributed by atoms with Crippen molar-refractivity contribution >= 4 is 34.4 Å². The molecule has 0 saturated carbocycles. The molecule has 4 N–H and O–H groups in total. The molecular weight excluding hydrogens is 268 g/mol. The molecule has 2 aromatic carbocycles. The number of benzene rings is 2. The Morgan fingerprint density at radius 2 is 1.80 bits per heavy atom. The molecule has 0 saturated heterocycles. The lowest BCUT2D eigenvalue weighted by Crippen LogP contribution is -2.00. The Bertz CT molecular complexity index is 786. The van der Waals surface area contributed by atoms with Gasteiger partial charge >= 0.3 is 0 Å². The molecule has 5 heteroatoms. The van der Waals surface area contributed by atoms with Crippen LogP contribution in [0, 0.1) is 0 Å². The zero-order valence-electron chi connectivity index (χ0n) is 11.0. The molecule has 0 bridgehead atoms. The minimum absolute atomic E-state index is 0.199. The van der Waals surface area contributed by atoms with Crippen molar-refractivity contribution in [2.75, 3.05) is 17.7 Å². The molecule has 100 valence electrons. The van der Waals surface area contributed by atoms with E-state index in [9.17, 15) is 0 Å². The lowest BCUT2D eigenvalue weighted by Gasteiger charge is -2.09. The first-order valence-electron chi connectivity index (χ1n) is 6.15. The van der Waals surface area contributed by atoms with Crippen LogP contribution >= 0.6 is 11.8 Å². The molecule has 20 heavy (non-hydrogen) atoms. The smallest absolute Gasteiger partial charge is 0.222 e. The van der Waals surface area contributed by atoms with Gasteiger partial charge in [-0.2, -0.15) is 4.98 Å². The minimum atomic E-state index is 0.199. The summed E-state index contributed by atoms with van der Waals surface area (Å²) in [6, 6.07) is 14.2. The van der Waals surface area contributed by atoms with Gasteiger partial charge in [-0.25, -0.2) is 4.98 Å². The molecule has 3 aromatic rings. The molecule has 0 fully saturated rings. The number of fused-ring (bicyclic) bond motifs is 1. The van der Waals surface area contributed by atoms with E-state index in [0.717, 1.165) is 16.5 Å². The third-order valence-electron chi connectivity index (χ3n) is 3.16. The minimum Gasteiger partial charge on any atom is -0.383 e. The number of nitrogens with zero attached hydrogens (tertiary/aromatic N) is 2. The van der Waals surface area contributed by atoms with Gasteiger partial charge in [-0.3, -0.25) is 0 Å². The molecule has 1 aromatic heterocycles. The number of nitrogens with two attached hydrogens (primary N) is 2. The van der Waals surface area contributed by atoms with Gasteiger partial charge in [-0.1, -0.05) is 24.3 Å². The summed E-state index contributed by atoms with van der Waals surface area (Å²) in [5.74, 6) is 0.613. The molecule has 1 heterocycles. The molecular formula is C15H14N4S. The highest BCUT2D eigenvalue weighted by molar-refractivity contribution is 7.98. The molecule has 0 aliphatic heterocycles. The van der Waals surface area contributed by atoms with Gasteiger partial charge in [-0.05, 0) is 35.6 Å². The quantitative estimate of drug-likeness (QED) is 0.706. The molecule has 0 aliphatic rings. The Hall–Kier alpha value is -2.27. The number of anilines is 2. The van der Waals surface area contributed by atoms with Gasteiger partial charge in [0, 0.05) is 10.3 Å². The maximum atomic E-state index is 5.87. The van der Waals surface area contributed by atoms with Gasteiger partial charge in [0.1, 0.15) is 5.82 Å². The maximum absolute atomic E-state index is 5.87. The fourth-order valence-corrected chi connectivity index (χ4v) is 2.84. The summed E-state index contributed by atoms with van der Waals surface area (Å²) >= 11 is 1.72. The topological polar surface area (TPSA) is 77.8 Å². The SMILES string of the molecule is CSc1ccccc1-c1ccc2c(N)nc(N)nc2c1. The van der Waals surface area contributed by atoms with Crippen LogP contribution in [0.15, 0.2) is 47.4 Å². The van der Waals surface area contributed by atoms with Gasteiger partial charge in [0.15, 0.2) is 0 Å². The second-order valence-electron chi connectivity index (χ2n) is 4.40. The van der Waals surface area contributed by atoms with E-state index in [-0.39, 0.29) is 5.95 Å². The molecule has 0 amide bonds. The summed E-state index contributed by atoms with van der Waals surface area (Å²) < 4.78 is 0. The van der Waals surface area contributed by atoms with Crippen LogP contribution in [0.2, 0.25) is 0 Å². The van der Waals surface area contributed by atoms with Crippen LogP contribution in [0.1, 0.15) is 0 Å². The van der Waals surface area contributed by atoms with Crippen LogP contribution in [0.25, 0.3) is 22.0 Å². The Morgan fingerprint density at radius 1 is 1.00 bits per heavy atom. The number of hydrogen-bond acceptors (Lipinski definition) is 5. The van der Waals surface area contributed by atoms with Crippen LogP contribution in [0.5, 0.6) is 0 Å². The van der Waals surface area contributed by atoms with Crippen LogP contribution in [0.4, 0.5) is 11.8 Å². The Labute approximate surface area is 121 Å². The molecule has 3 rings (SSSR count). The molecule has 0 unspecified atom stereocenters. The van der Waals surface area contributed by atoms with Crippen molar-refractivity contribution in [2.45, 2.75) is 4.90 Å². The Balaban J connectivity index is 2.23. The number of rotatable bonds is 2. The highest BCUT2D eigenvalue weighted by Crippen LogP contribution is 2.32. The number of hydrogen-bond donors (Lipinski definition) is 2. The average Bonchev–Trinajstić information content (AvgIpc) is 2.46. The van der Waals surface area contributed by atoms with E-state index in [1.165, 1.54) is 10.5 Å². The highest BCUT2D eigenvalue weighted by Gasteiger charge is 2.08. The Morgan fingerprint density at radius 3 is 2.60 bits per heavy atom. The normalized spacial score (nSPS) is 10.8. The van der Waals surface area contributed by atoms with Crippen molar-refractivity contribution in [2.24, 2.45) is 0 Å². The summed E-state index contributed by atoms with van der Waals surface area (Å²) in [4.78, 5) is 9.46. The van der Waals surface area contributed by atoms with Gasteiger partial charge in [-0.15, -0.1) is 11.8 Å². The Kier molecular flexibility index (Phi) is 3.20. The second kappa shape index (κ2) is 5.02. The van der Waals surface area contributed by atoms with Crippen molar-refractivity contribution < 1.29 is 0 Å². The van der Waals surface area contributed by atoms with E-state index in [1.807, 2.05) is 30.3 Å². The van der Waals surface area contributed by atoms with E-state index in [2.05, 4.69) is 28.4 Å². The summed E-state index contributed by atoms with van der Waals surface area (Å²) in [7, 11) is 0. The van der Waals surface area contributed by atoms with E-state index in [1.54, 1.807) is 11.8 Å². The summed E-state index contributed by atoms with van der Waals surface area (Å²) in [5.41, 5.74) is 14.6.